The van der Waals surface area contributed by atoms with Gasteiger partial charge < -0.3 is 13.7 Å². The highest BCUT2D eigenvalue weighted by molar-refractivity contribution is 7.89. The van der Waals surface area contributed by atoms with Crippen molar-refractivity contribution in [2.24, 2.45) is 0 Å². The van der Waals surface area contributed by atoms with Gasteiger partial charge in [0.25, 0.3) is 0 Å². The second-order valence-corrected chi connectivity index (χ2v) is 7.95. The van der Waals surface area contributed by atoms with Crippen molar-refractivity contribution in [1.29, 1.82) is 0 Å². The molecule has 0 saturated heterocycles. The summed E-state index contributed by atoms with van der Waals surface area (Å²) in [5.41, 5.74) is 0.685. The average Bonchev–Trinajstić information content (AvgIpc) is 3.34. The lowest BCUT2D eigenvalue weighted by Crippen LogP contribution is -2.31. The van der Waals surface area contributed by atoms with Crippen LogP contribution in [0.25, 0.3) is 11.4 Å². The Balaban J connectivity index is 1.84. The highest BCUT2D eigenvalue weighted by Crippen LogP contribution is 2.28. The highest BCUT2D eigenvalue weighted by Gasteiger charge is 2.25. The molecule has 0 atom stereocenters. The molecule has 0 aliphatic rings. The zero-order valence-electron chi connectivity index (χ0n) is 15.2. The number of sulfonamides is 1. The molecule has 0 amide bonds. The van der Waals surface area contributed by atoms with E-state index in [-0.39, 0.29) is 24.7 Å². The lowest BCUT2D eigenvalue weighted by atomic mass is 10.2. The first-order chi connectivity index (χ1) is 13.0. The van der Waals surface area contributed by atoms with Crippen LogP contribution in [-0.4, -0.2) is 35.2 Å². The van der Waals surface area contributed by atoms with Crippen LogP contribution in [-0.2, 0) is 23.1 Å². The molecule has 0 unspecified atom stereocenters. The molecule has 0 radical (unpaired) electrons. The zero-order valence-corrected chi connectivity index (χ0v) is 16.0. The summed E-state index contributed by atoms with van der Waals surface area (Å²) in [5, 5.41) is 3.98. The largest absolute Gasteiger partial charge is 0.493 e. The normalized spacial score (nSPS) is 11.8. The molecule has 8 nitrogen and oxygen atoms in total. The van der Waals surface area contributed by atoms with Crippen LogP contribution in [0.4, 0.5) is 0 Å². The van der Waals surface area contributed by atoms with E-state index in [0.29, 0.717) is 29.5 Å². The molecule has 2 heterocycles. The number of ether oxygens (including phenoxy) is 1. The first-order valence-corrected chi connectivity index (χ1v) is 10.2. The maximum atomic E-state index is 12.4. The highest BCUT2D eigenvalue weighted by atomic mass is 32.2. The summed E-state index contributed by atoms with van der Waals surface area (Å²) in [4.78, 5) is 4.35. The number of hydrogen-bond acceptors (Lipinski definition) is 7. The third-order valence-electron chi connectivity index (χ3n) is 3.88. The van der Waals surface area contributed by atoms with E-state index < -0.39 is 10.0 Å². The number of aromatic nitrogens is 2. The lowest BCUT2D eigenvalue weighted by molar-refractivity contribution is 0.298. The molecule has 0 spiro atoms. The molecule has 0 fully saturated rings. The van der Waals surface area contributed by atoms with Crippen molar-refractivity contribution in [3.8, 4) is 17.1 Å². The van der Waals surface area contributed by atoms with Crippen LogP contribution >= 0.6 is 0 Å². The predicted octanol–water partition coefficient (Wildman–Crippen LogP) is 3.08. The van der Waals surface area contributed by atoms with E-state index in [9.17, 15) is 8.42 Å². The van der Waals surface area contributed by atoms with Crippen molar-refractivity contribution in [3.63, 3.8) is 0 Å². The van der Waals surface area contributed by atoms with E-state index in [1.807, 2.05) is 31.2 Å². The number of para-hydroxylation sites is 1. The van der Waals surface area contributed by atoms with Crippen LogP contribution in [0.1, 0.15) is 25.5 Å². The van der Waals surface area contributed by atoms with Gasteiger partial charge in [-0.3, -0.25) is 0 Å². The Kier molecular flexibility index (Phi) is 5.92. The summed E-state index contributed by atoms with van der Waals surface area (Å²) in [6.07, 6.45) is 1.50. The zero-order chi connectivity index (χ0) is 19.3. The molecular formula is C18H21N3O5S. The van der Waals surface area contributed by atoms with Crippen LogP contribution in [0.15, 0.2) is 51.6 Å². The quantitative estimate of drug-likeness (QED) is 0.553. The Morgan fingerprint density at radius 2 is 1.93 bits per heavy atom. The van der Waals surface area contributed by atoms with Crippen LogP contribution in [0, 0.1) is 0 Å². The van der Waals surface area contributed by atoms with E-state index in [1.165, 1.54) is 10.6 Å². The van der Waals surface area contributed by atoms with Crippen molar-refractivity contribution >= 4 is 10.0 Å². The van der Waals surface area contributed by atoms with E-state index in [4.69, 9.17) is 13.7 Å². The Hall–Kier alpha value is -2.65. The van der Waals surface area contributed by atoms with Gasteiger partial charge in [-0.25, -0.2) is 8.42 Å². The first-order valence-electron chi connectivity index (χ1n) is 8.58. The fourth-order valence-electron chi connectivity index (χ4n) is 2.52. The summed E-state index contributed by atoms with van der Waals surface area (Å²) < 4.78 is 42.2. The van der Waals surface area contributed by atoms with Gasteiger partial charge in [0, 0.05) is 0 Å². The molecule has 144 valence electrons. The second-order valence-electron chi connectivity index (χ2n) is 5.69. The van der Waals surface area contributed by atoms with Gasteiger partial charge in [0.15, 0.2) is 0 Å². The molecule has 0 bridgehead atoms. The van der Waals surface area contributed by atoms with Gasteiger partial charge in [-0.05, 0) is 38.1 Å². The number of nitrogens with zero attached hydrogens (tertiary/aromatic N) is 3. The van der Waals surface area contributed by atoms with Crippen LogP contribution in [0.2, 0.25) is 0 Å². The molecule has 3 aromatic rings. The summed E-state index contributed by atoms with van der Waals surface area (Å²) in [6.45, 7) is 4.03. The Morgan fingerprint density at radius 1 is 1.11 bits per heavy atom. The third kappa shape index (κ3) is 4.55. The number of rotatable bonds is 9. The van der Waals surface area contributed by atoms with Crippen LogP contribution < -0.4 is 4.74 Å². The van der Waals surface area contributed by atoms with Crippen molar-refractivity contribution in [2.45, 2.75) is 26.9 Å². The van der Waals surface area contributed by atoms with Crippen LogP contribution in [0.5, 0.6) is 5.75 Å². The molecule has 27 heavy (non-hydrogen) atoms. The molecule has 3 rings (SSSR count). The van der Waals surface area contributed by atoms with Gasteiger partial charge in [-0.1, -0.05) is 17.3 Å². The third-order valence-corrected chi connectivity index (χ3v) is 5.65. The molecule has 1 aromatic carbocycles. The van der Waals surface area contributed by atoms with Gasteiger partial charge in [0.2, 0.25) is 21.7 Å². The Morgan fingerprint density at radius 3 is 2.63 bits per heavy atom. The van der Waals surface area contributed by atoms with Crippen molar-refractivity contribution in [1.82, 2.24) is 14.4 Å². The summed E-state index contributed by atoms with van der Waals surface area (Å²) in [6, 6.07) is 10.8. The molecule has 0 aliphatic carbocycles. The molecular weight excluding hydrogens is 370 g/mol. The van der Waals surface area contributed by atoms with E-state index >= 15 is 0 Å². The van der Waals surface area contributed by atoms with E-state index in [1.54, 1.807) is 19.1 Å². The first kappa shape index (κ1) is 19.1. The molecule has 0 aliphatic heterocycles. The van der Waals surface area contributed by atoms with E-state index in [0.717, 1.165) is 0 Å². The molecule has 0 N–H and O–H groups in total. The maximum absolute atomic E-state index is 12.4. The molecule has 2 aromatic heterocycles. The lowest BCUT2D eigenvalue weighted by Gasteiger charge is -2.18. The topological polar surface area (TPSA) is 98.7 Å². The minimum Gasteiger partial charge on any atom is -0.493 e. The fraction of sp³-hybridized carbons (Fsp3) is 0.333. The van der Waals surface area contributed by atoms with Crippen molar-refractivity contribution in [2.75, 3.05) is 12.4 Å². The molecule has 0 saturated carbocycles. The number of benzene rings is 1. The van der Waals surface area contributed by atoms with E-state index in [2.05, 4.69) is 10.1 Å². The smallest absolute Gasteiger partial charge is 0.242 e. The van der Waals surface area contributed by atoms with Gasteiger partial charge >= 0.3 is 0 Å². The van der Waals surface area contributed by atoms with Gasteiger partial charge in [0.05, 0.1) is 37.3 Å². The van der Waals surface area contributed by atoms with Gasteiger partial charge in [0.1, 0.15) is 11.5 Å². The minimum atomic E-state index is -3.49. The van der Waals surface area contributed by atoms with Gasteiger partial charge in [-0.2, -0.15) is 9.29 Å². The predicted molar refractivity (Wildman–Crippen MR) is 98.3 cm³/mol. The van der Waals surface area contributed by atoms with Crippen LogP contribution in [0.3, 0.4) is 0 Å². The summed E-state index contributed by atoms with van der Waals surface area (Å²) >= 11 is 0. The van der Waals surface area contributed by atoms with Crippen molar-refractivity contribution in [3.05, 3.63) is 54.3 Å². The summed E-state index contributed by atoms with van der Waals surface area (Å²) in [7, 11) is -3.49. The average molecular weight is 391 g/mol. The molecule has 9 heteroatoms. The SMILES string of the molecule is CCOc1ccccc1-c1noc(CN(Cc2ccco2)S(=O)(=O)CC)n1. The van der Waals surface area contributed by atoms with Crippen molar-refractivity contribution < 1.29 is 22.1 Å². The Bertz CT molecular complexity index is 967. The van der Waals surface area contributed by atoms with Gasteiger partial charge in [-0.15, -0.1) is 0 Å². The standard InChI is InChI=1S/C18H21N3O5S/c1-3-24-16-10-6-5-9-15(16)18-19-17(26-20-18)13-21(27(22,23)4-2)12-14-8-7-11-25-14/h5-11H,3-4,12-13H2,1-2H3. The monoisotopic (exact) mass is 391 g/mol. The number of furan rings is 1. The number of hydrogen-bond donors (Lipinski definition) is 0. The summed E-state index contributed by atoms with van der Waals surface area (Å²) in [5.74, 6) is 1.68. The fourth-order valence-corrected chi connectivity index (χ4v) is 3.52. The minimum absolute atomic E-state index is 0.0398. The Labute approximate surface area is 157 Å². The second kappa shape index (κ2) is 8.36. The maximum Gasteiger partial charge on any atom is 0.242 e.